The van der Waals surface area contributed by atoms with Gasteiger partial charge in [-0.05, 0) is 162 Å². The Balaban J connectivity index is 0. The third-order valence-corrected chi connectivity index (χ3v) is 17.7. The van der Waals surface area contributed by atoms with Crippen molar-refractivity contribution in [2.75, 3.05) is 65.4 Å². The summed E-state index contributed by atoms with van der Waals surface area (Å²) in [6.45, 7) is 20.7. The second kappa shape index (κ2) is 80.3. The molecule has 0 saturated heterocycles. The zero-order valence-corrected chi connectivity index (χ0v) is 57.6. The highest BCUT2D eigenvalue weighted by Crippen LogP contribution is 2.17. The van der Waals surface area contributed by atoms with Gasteiger partial charge in [0.1, 0.15) is 0 Å². The van der Waals surface area contributed by atoms with Gasteiger partial charge in [0.05, 0.1) is 0 Å². The van der Waals surface area contributed by atoms with E-state index < -0.39 is 0 Å². The molecule has 0 saturated carbocycles. The monoisotopic (exact) mass is 1150 g/mol. The Bertz CT molecular complexity index is 1090. The van der Waals surface area contributed by atoms with Crippen LogP contribution < -0.4 is 16.8 Å². The highest BCUT2D eigenvalue weighted by atomic mass is 15.1. The molecule has 5 heteroatoms. The van der Waals surface area contributed by atoms with Crippen LogP contribution >= 0.6 is 0 Å². The minimum Gasteiger partial charge on any atom is -0.330 e. The standard InChI is InChI=1S/C42H85N3.C35H74N2/c1-3-5-7-9-11-13-15-17-19-21-23-25-27-29-31-33-40-45(42-36-39-44-38-35-37-43)41-34-32-30-28-26-24-22-20-18-16-14-12-10-8-6-4-2;1-3-5-7-9-11-13-15-17-19-21-23-25-27-29-33-37(35-31-32-36)34-30-28-26-24-22-20-18-16-14-12-10-8-6-4-2/h17,19-20,22,44H,3-16,18,21,23-43H2,1-2H3;3-36H2,1-2H3/b19-17-,22-20-;. The minimum absolute atomic E-state index is 0.796. The smallest absolute Gasteiger partial charge is 0.000664 e. The molecular weight excluding hydrogens is 995 g/mol. The maximum Gasteiger partial charge on any atom is -0.000664 e. The quantitative estimate of drug-likeness (QED) is 0.0418. The molecule has 0 bridgehead atoms. The van der Waals surface area contributed by atoms with Gasteiger partial charge in [0.2, 0.25) is 0 Å². The summed E-state index contributed by atoms with van der Waals surface area (Å²) in [5.74, 6) is 0. The van der Waals surface area contributed by atoms with E-state index in [9.17, 15) is 0 Å². The first-order chi connectivity index (χ1) is 40.7. The van der Waals surface area contributed by atoms with E-state index in [0.717, 1.165) is 39.0 Å². The largest absolute Gasteiger partial charge is 0.330 e. The van der Waals surface area contributed by atoms with Gasteiger partial charge in [0, 0.05) is 0 Å². The van der Waals surface area contributed by atoms with E-state index in [2.05, 4.69) is 67.1 Å². The van der Waals surface area contributed by atoms with Gasteiger partial charge in [0.25, 0.3) is 0 Å². The van der Waals surface area contributed by atoms with Crippen molar-refractivity contribution in [3.63, 3.8) is 0 Å². The van der Waals surface area contributed by atoms with Crippen molar-refractivity contribution in [2.45, 2.75) is 407 Å². The summed E-state index contributed by atoms with van der Waals surface area (Å²) in [7, 11) is 0. The summed E-state index contributed by atoms with van der Waals surface area (Å²) in [4.78, 5) is 5.49. The van der Waals surface area contributed by atoms with Gasteiger partial charge in [-0.1, -0.05) is 335 Å². The molecular formula is C77H159N5. The van der Waals surface area contributed by atoms with Crippen LogP contribution in [0.3, 0.4) is 0 Å². The van der Waals surface area contributed by atoms with E-state index in [1.54, 1.807) is 0 Å². The lowest BCUT2D eigenvalue weighted by atomic mass is 10.0. The molecule has 5 nitrogen and oxygen atoms in total. The first kappa shape index (κ1) is 83.3. The van der Waals surface area contributed by atoms with E-state index in [-0.39, 0.29) is 0 Å². The Hall–Kier alpha value is -0.720. The maximum absolute atomic E-state index is 5.81. The van der Waals surface area contributed by atoms with Crippen LogP contribution in [0, 0.1) is 0 Å². The number of nitrogens with two attached hydrogens (primary N) is 2. The Morgan fingerprint density at radius 1 is 0.207 bits per heavy atom. The molecule has 0 aromatic carbocycles. The summed E-state index contributed by atoms with van der Waals surface area (Å²) < 4.78 is 0. The maximum atomic E-state index is 5.81. The summed E-state index contributed by atoms with van der Waals surface area (Å²) in [6, 6.07) is 0. The third kappa shape index (κ3) is 77.3. The summed E-state index contributed by atoms with van der Waals surface area (Å²) in [5.41, 5.74) is 11.5. The van der Waals surface area contributed by atoms with Crippen molar-refractivity contribution in [3.8, 4) is 0 Å². The molecule has 0 amide bonds. The zero-order chi connectivity index (χ0) is 59.5. The molecule has 0 aliphatic carbocycles. The first-order valence-electron chi connectivity index (χ1n) is 38.5. The van der Waals surface area contributed by atoms with Crippen molar-refractivity contribution in [1.29, 1.82) is 0 Å². The molecule has 0 aliphatic heterocycles. The highest BCUT2D eigenvalue weighted by Gasteiger charge is 2.07. The van der Waals surface area contributed by atoms with Crippen LogP contribution in [0.5, 0.6) is 0 Å². The molecule has 0 rings (SSSR count). The van der Waals surface area contributed by atoms with Gasteiger partial charge in [-0.3, -0.25) is 0 Å². The Morgan fingerprint density at radius 2 is 0.390 bits per heavy atom. The fraction of sp³-hybridized carbons (Fsp3) is 0.948. The molecule has 0 unspecified atom stereocenters. The Labute approximate surface area is 520 Å². The summed E-state index contributed by atoms with van der Waals surface area (Å²) in [6.07, 6.45) is 92.8. The number of allylic oxidation sites excluding steroid dienone is 4. The molecule has 0 aliphatic rings. The van der Waals surface area contributed by atoms with Crippen molar-refractivity contribution in [2.24, 2.45) is 11.5 Å². The van der Waals surface area contributed by atoms with E-state index in [4.69, 9.17) is 11.5 Å². The predicted molar refractivity (Wildman–Crippen MR) is 377 cm³/mol. The topological polar surface area (TPSA) is 70.5 Å². The fourth-order valence-corrected chi connectivity index (χ4v) is 12.0. The number of unbranched alkanes of at least 4 members (excludes halogenated alkanes) is 50. The highest BCUT2D eigenvalue weighted by molar-refractivity contribution is 4.82. The van der Waals surface area contributed by atoms with Gasteiger partial charge in [-0.15, -0.1) is 0 Å². The molecule has 0 aromatic rings. The van der Waals surface area contributed by atoms with Crippen molar-refractivity contribution < 1.29 is 0 Å². The number of nitrogens with one attached hydrogen (secondary N) is 1. The molecule has 5 N–H and O–H groups in total. The van der Waals surface area contributed by atoms with Crippen LogP contribution in [0.1, 0.15) is 407 Å². The van der Waals surface area contributed by atoms with Crippen LogP contribution in [0.2, 0.25) is 0 Å². The normalized spacial score (nSPS) is 11.9. The summed E-state index contributed by atoms with van der Waals surface area (Å²) in [5, 5.41) is 3.57. The summed E-state index contributed by atoms with van der Waals surface area (Å²) >= 11 is 0. The van der Waals surface area contributed by atoms with E-state index in [1.165, 1.54) is 405 Å². The molecule has 0 spiro atoms. The third-order valence-electron chi connectivity index (χ3n) is 17.7. The van der Waals surface area contributed by atoms with Crippen LogP contribution in [0.4, 0.5) is 0 Å². The molecule has 0 atom stereocenters. The second-order valence-corrected chi connectivity index (χ2v) is 26.1. The Morgan fingerprint density at radius 3 is 0.622 bits per heavy atom. The molecule has 82 heavy (non-hydrogen) atoms. The van der Waals surface area contributed by atoms with Crippen LogP contribution in [0.25, 0.3) is 0 Å². The number of hydrogen-bond donors (Lipinski definition) is 3. The lowest BCUT2D eigenvalue weighted by Crippen LogP contribution is -2.30. The molecule has 0 radical (unpaired) electrons. The average Bonchev–Trinajstić information content (AvgIpc) is 3.49. The number of hydrogen-bond acceptors (Lipinski definition) is 5. The van der Waals surface area contributed by atoms with Gasteiger partial charge < -0.3 is 26.6 Å². The predicted octanol–water partition coefficient (Wildman–Crippen LogP) is 24.3. The van der Waals surface area contributed by atoms with Crippen molar-refractivity contribution in [3.05, 3.63) is 24.3 Å². The van der Waals surface area contributed by atoms with E-state index in [1.807, 2.05) is 0 Å². The average molecular weight is 1160 g/mol. The minimum atomic E-state index is 0.796. The molecule has 492 valence electrons. The molecule has 0 fully saturated rings. The number of nitrogens with zero attached hydrogens (tertiary/aromatic N) is 2. The van der Waals surface area contributed by atoms with Crippen LogP contribution in [-0.2, 0) is 0 Å². The van der Waals surface area contributed by atoms with Gasteiger partial charge in [-0.25, -0.2) is 0 Å². The molecule has 0 heterocycles. The lowest BCUT2D eigenvalue weighted by Gasteiger charge is -2.22. The van der Waals surface area contributed by atoms with Crippen LogP contribution in [-0.4, -0.2) is 75.2 Å². The second-order valence-electron chi connectivity index (χ2n) is 26.1. The number of rotatable bonds is 72. The van der Waals surface area contributed by atoms with E-state index in [0.29, 0.717) is 0 Å². The van der Waals surface area contributed by atoms with Crippen molar-refractivity contribution >= 4 is 0 Å². The zero-order valence-electron chi connectivity index (χ0n) is 57.6. The fourth-order valence-electron chi connectivity index (χ4n) is 12.0. The van der Waals surface area contributed by atoms with Gasteiger partial charge >= 0.3 is 0 Å². The van der Waals surface area contributed by atoms with Gasteiger partial charge in [-0.2, -0.15) is 0 Å². The lowest BCUT2D eigenvalue weighted by molar-refractivity contribution is 0.256. The van der Waals surface area contributed by atoms with Crippen LogP contribution in [0.15, 0.2) is 24.3 Å². The van der Waals surface area contributed by atoms with E-state index >= 15 is 0 Å². The van der Waals surface area contributed by atoms with Crippen molar-refractivity contribution in [1.82, 2.24) is 15.1 Å². The SMILES string of the molecule is CCCCCCCC/C=C\CCCCCCCCN(CCCCCCC/C=C\CCCCCCCCC)CCCNCCCN.CCCCCCCCCCCCCCCCN(CCCN)CCCCCCCCCCCCCCCC. The first-order valence-corrected chi connectivity index (χ1v) is 38.5. The van der Waals surface area contributed by atoms with Gasteiger partial charge in [0.15, 0.2) is 0 Å². The Kier molecular flexibility index (Phi) is 81.6. The molecule has 0 aromatic heterocycles.